The zero-order valence-electron chi connectivity index (χ0n) is 14.7. The third kappa shape index (κ3) is 10.1. The van der Waals surface area contributed by atoms with Crippen LogP contribution in [-0.2, 0) is 22.4 Å². The van der Waals surface area contributed by atoms with E-state index < -0.39 is 0 Å². The van der Waals surface area contributed by atoms with Crippen LogP contribution in [0, 0.1) is 0 Å². The summed E-state index contributed by atoms with van der Waals surface area (Å²) in [6, 6.07) is 8.87. The van der Waals surface area contributed by atoms with Gasteiger partial charge >= 0.3 is 5.97 Å². The van der Waals surface area contributed by atoms with E-state index in [1.807, 2.05) is 6.92 Å². The highest BCUT2D eigenvalue weighted by Gasteiger charge is 2.00. The molecule has 0 aliphatic carbocycles. The van der Waals surface area contributed by atoms with E-state index in [0.29, 0.717) is 13.0 Å². The number of carbonyl (C=O) groups excluding carboxylic acids is 1. The number of ether oxygens (including phenoxy) is 1. The van der Waals surface area contributed by atoms with Crippen LogP contribution in [0.25, 0.3) is 0 Å². The van der Waals surface area contributed by atoms with Gasteiger partial charge in [-0.1, -0.05) is 56.4 Å². The van der Waals surface area contributed by atoms with Crippen molar-refractivity contribution < 1.29 is 9.53 Å². The summed E-state index contributed by atoms with van der Waals surface area (Å²) in [5.74, 6) is -0.0509. The lowest BCUT2D eigenvalue weighted by molar-refractivity contribution is -0.143. The van der Waals surface area contributed by atoms with E-state index in [4.69, 9.17) is 10.5 Å². The van der Waals surface area contributed by atoms with Gasteiger partial charge in [0.2, 0.25) is 0 Å². The zero-order chi connectivity index (χ0) is 16.8. The molecule has 0 bridgehead atoms. The first kappa shape index (κ1) is 19.7. The molecule has 1 rings (SSSR count). The predicted octanol–water partition coefficient (Wildman–Crippen LogP) is 4.41. The fraction of sp³-hybridized carbons (Fsp3) is 0.650. The van der Waals surface area contributed by atoms with Crippen LogP contribution in [0.1, 0.15) is 69.4 Å². The molecule has 2 N–H and O–H groups in total. The molecule has 0 saturated heterocycles. The Balaban J connectivity index is 1.94. The summed E-state index contributed by atoms with van der Waals surface area (Å²) in [4.78, 5) is 11.2. The van der Waals surface area contributed by atoms with Gasteiger partial charge in [0.25, 0.3) is 0 Å². The van der Waals surface area contributed by atoms with Gasteiger partial charge in [-0.3, -0.25) is 4.79 Å². The molecule has 0 aromatic heterocycles. The van der Waals surface area contributed by atoms with E-state index >= 15 is 0 Å². The van der Waals surface area contributed by atoms with Gasteiger partial charge in [0.15, 0.2) is 0 Å². The van der Waals surface area contributed by atoms with Gasteiger partial charge in [0.05, 0.1) is 6.61 Å². The maximum atomic E-state index is 11.2. The van der Waals surface area contributed by atoms with Gasteiger partial charge in [-0.2, -0.15) is 0 Å². The smallest absolute Gasteiger partial charge is 0.305 e. The molecule has 0 spiro atoms. The topological polar surface area (TPSA) is 52.3 Å². The average Bonchev–Trinajstić information content (AvgIpc) is 2.55. The Kier molecular flexibility index (Phi) is 11.2. The van der Waals surface area contributed by atoms with E-state index in [0.717, 1.165) is 25.8 Å². The predicted molar refractivity (Wildman–Crippen MR) is 96.5 cm³/mol. The van der Waals surface area contributed by atoms with Crippen molar-refractivity contribution in [3.05, 3.63) is 35.4 Å². The third-order valence-corrected chi connectivity index (χ3v) is 4.11. The van der Waals surface area contributed by atoms with Crippen molar-refractivity contribution in [2.75, 3.05) is 13.2 Å². The minimum atomic E-state index is -0.0509. The summed E-state index contributed by atoms with van der Waals surface area (Å²) in [5, 5.41) is 0. The first-order valence-electron chi connectivity index (χ1n) is 9.19. The highest BCUT2D eigenvalue weighted by Crippen LogP contribution is 2.12. The fourth-order valence-corrected chi connectivity index (χ4v) is 2.75. The number of esters is 1. The van der Waals surface area contributed by atoms with E-state index in [-0.39, 0.29) is 5.97 Å². The van der Waals surface area contributed by atoms with Gasteiger partial charge in [-0.15, -0.1) is 0 Å². The van der Waals surface area contributed by atoms with Gasteiger partial charge in [-0.05, 0) is 50.3 Å². The molecule has 0 saturated carbocycles. The fourth-order valence-electron chi connectivity index (χ4n) is 2.75. The lowest BCUT2D eigenvalue weighted by Gasteiger charge is -2.04. The maximum absolute atomic E-state index is 11.2. The molecule has 1 aromatic rings. The Morgan fingerprint density at radius 1 is 0.870 bits per heavy atom. The molecule has 0 unspecified atom stereocenters. The van der Waals surface area contributed by atoms with E-state index in [1.54, 1.807) is 0 Å². The first-order chi connectivity index (χ1) is 11.3. The number of nitrogens with two attached hydrogens (primary N) is 1. The van der Waals surface area contributed by atoms with Crippen molar-refractivity contribution >= 4 is 5.97 Å². The van der Waals surface area contributed by atoms with Crippen LogP contribution in [0.5, 0.6) is 0 Å². The second kappa shape index (κ2) is 13.1. The number of aryl methyl sites for hydroxylation is 1. The number of unbranched alkanes of at least 4 members (excludes halogenated alkanes) is 6. The van der Waals surface area contributed by atoms with Gasteiger partial charge < -0.3 is 10.5 Å². The lowest BCUT2D eigenvalue weighted by atomic mass is 10.0. The standard InChI is InChI=1S/C20H33NO2/c1-2-23-20(22)11-9-7-5-3-4-6-8-10-18-12-14-19(15-13-18)16-17-21/h12-15H,2-11,16-17,21H2,1H3. The normalized spacial score (nSPS) is 10.7. The molecular formula is C20H33NO2. The Bertz CT molecular complexity index is 414. The average molecular weight is 319 g/mol. The summed E-state index contributed by atoms with van der Waals surface area (Å²) in [5.41, 5.74) is 8.32. The summed E-state index contributed by atoms with van der Waals surface area (Å²) in [6.45, 7) is 3.07. The SMILES string of the molecule is CCOC(=O)CCCCCCCCCc1ccc(CCN)cc1. The van der Waals surface area contributed by atoms with E-state index in [2.05, 4.69) is 24.3 Å². The van der Waals surface area contributed by atoms with Crippen LogP contribution in [0.2, 0.25) is 0 Å². The van der Waals surface area contributed by atoms with E-state index in [1.165, 1.54) is 49.7 Å². The molecule has 0 heterocycles. The molecule has 0 aliphatic heterocycles. The zero-order valence-corrected chi connectivity index (χ0v) is 14.7. The Morgan fingerprint density at radius 2 is 1.39 bits per heavy atom. The van der Waals surface area contributed by atoms with Crippen LogP contribution in [0.3, 0.4) is 0 Å². The summed E-state index contributed by atoms with van der Waals surface area (Å²) < 4.78 is 4.92. The quantitative estimate of drug-likeness (QED) is 0.433. The Hall–Kier alpha value is -1.35. The molecule has 0 fully saturated rings. The number of carbonyl (C=O) groups is 1. The highest BCUT2D eigenvalue weighted by atomic mass is 16.5. The van der Waals surface area contributed by atoms with E-state index in [9.17, 15) is 4.79 Å². The molecule has 3 nitrogen and oxygen atoms in total. The lowest BCUT2D eigenvalue weighted by Crippen LogP contribution is -2.03. The Morgan fingerprint density at radius 3 is 1.96 bits per heavy atom. The van der Waals surface area contributed by atoms with Gasteiger partial charge in [0.1, 0.15) is 0 Å². The molecule has 130 valence electrons. The maximum Gasteiger partial charge on any atom is 0.305 e. The third-order valence-electron chi connectivity index (χ3n) is 4.11. The van der Waals surface area contributed by atoms with Crippen molar-refractivity contribution in [3.63, 3.8) is 0 Å². The van der Waals surface area contributed by atoms with Crippen molar-refractivity contribution in [2.24, 2.45) is 5.73 Å². The van der Waals surface area contributed by atoms with Gasteiger partial charge in [-0.25, -0.2) is 0 Å². The Labute approximate surface area is 141 Å². The molecule has 0 atom stereocenters. The summed E-state index contributed by atoms with van der Waals surface area (Å²) in [7, 11) is 0. The first-order valence-corrected chi connectivity index (χ1v) is 9.19. The second-order valence-electron chi connectivity index (χ2n) is 6.14. The molecular weight excluding hydrogens is 286 g/mol. The van der Waals surface area contributed by atoms with Crippen molar-refractivity contribution in [3.8, 4) is 0 Å². The van der Waals surface area contributed by atoms with Crippen LogP contribution in [-0.4, -0.2) is 19.1 Å². The number of hydrogen-bond acceptors (Lipinski definition) is 3. The molecule has 0 amide bonds. The van der Waals surface area contributed by atoms with Crippen LogP contribution in [0.4, 0.5) is 0 Å². The largest absolute Gasteiger partial charge is 0.466 e. The monoisotopic (exact) mass is 319 g/mol. The minimum absolute atomic E-state index is 0.0509. The van der Waals surface area contributed by atoms with Crippen molar-refractivity contribution in [1.29, 1.82) is 0 Å². The molecule has 23 heavy (non-hydrogen) atoms. The van der Waals surface area contributed by atoms with Crippen molar-refractivity contribution in [1.82, 2.24) is 0 Å². The second-order valence-corrected chi connectivity index (χ2v) is 6.14. The van der Waals surface area contributed by atoms with Crippen LogP contribution in [0.15, 0.2) is 24.3 Å². The summed E-state index contributed by atoms with van der Waals surface area (Å²) in [6.07, 6.45) is 11.2. The number of benzene rings is 1. The van der Waals surface area contributed by atoms with Crippen LogP contribution < -0.4 is 5.73 Å². The minimum Gasteiger partial charge on any atom is -0.466 e. The van der Waals surface area contributed by atoms with Crippen molar-refractivity contribution in [2.45, 2.75) is 71.1 Å². The molecule has 1 aromatic carbocycles. The highest BCUT2D eigenvalue weighted by molar-refractivity contribution is 5.69. The molecule has 0 radical (unpaired) electrons. The van der Waals surface area contributed by atoms with Gasteiger partial charge in [0, 0.05) is 6.42 Å². The summed E-state index contributed by atoms with van der Waals surface area (Å²) >= 11 is 0. The molecule has 3 heteroatoms. The molecule has 0 aliphatic rings. The number of rotatable bonds is 13. The number of hydrogen-bond donors (Lipinski definition) is 1. The van der Waals surface area contributed by atoms with Crippen LogP contribution >= 0.6 is 0 Å².